The van der Waals surface area contributed by atoms with Crippen LogP contribution in [0.2, 0.25) is 0 Å². The number of aromatic amines is 1. The predicted molar refractivity (Wildman–Crippen MR) is 117 cm³/mol. The molecule has 0 fully saturated rings. The minimum Gasteiger partial charge on any atom is -0.382 e. The van der Waals surface area contributed by atoms with Crippen molar-refractivity contribution in [3.05, 3.63) is 77.5 Å². The van der Waals surface area contributed by atoms with Gasteiger partial charge in [-0.25, -0.2) is 28.1 Å². The van der Waals surface area contributed by atoms with Crippen molar-refractivity contribution in [1.29, 1.82) is 10.8 Å². The fourth-order valence-corrected chi connectivity index (χ4v) is 2.87. The van der Waals surface area contributed by atoms with Crippen molar-refractivity contribution in [2.75, 3.05) is 5.32 Å². The summed E-state index contributed by atoms with van der Waals surface area (Å²) in [5, 5.41) is 17.6. The summed E-state index contributed by atoms with van der Waals surface area (Å²) in [5.41, 5.74) is 8.59. The average molecular weight is 440 g/mol. The first-order valence-corrected chi connectivity index (χ1v) is 9.28. The number of nitrogens with zero attached hydrogens (tertiary/aromatic N) is 3. The predicted octanol–water partition coefficient (Wildman–Crippen LogP) is 4.05. The van der Waals surface area contributed by atoms with Crippen LogP contribution in [0.15, 0.2) is 59.5 Å². The first-order valence-electron chi connectivity index (χ1n) is 9.28. The van der Waals surface area contributed by atoms with E-state index in [2.05, 4.69) is 25.3 Å². The fraction of sp³-hybridized carbons (Fsp3) is 0.0952. The Hall–Kier alpha value is -4.28. The Bertz CT molecular complexity index is 1170. The van der Waals surface area contributed by atoms with Crippen molar-refractivity contribution in [1.82, 2.24) is 15.0 Å². The third-order valence-electron chi connectivity index (χ3n) is 4.38. The Balaban J connectivity index is 1.92. The van der Waals surface area contributed by atoms with Gasteiger partial charge in [-0.15, -0.1) is 0 Å². The first kappa shape index (κ1) is 22.4. The first-order chi connectivity index (χ1) is 15.4. The Morgan fingerprint density at radius 1 is 1.22 bits per heavy atom. The number of anilines is 1. The third kappa shape index (κ3) is 5.25. The van der Waals surface area contributed by atoms with Crippen LogP contribution in [0.3, 0.4) is 0 Å². The fourth-order valence-electron chi connectivity index (χ4n) is 2.87. The van der Waals surface area contributed by atoms with Crippen LogP contribution in [0.25, 0.3) is 11.1 Å². The molecule has 32 heavy (non-hydrogen) atoms. The number of nitrogens with two attached hydrogens (primary N) is 1. The van der Waals surface area contributed by atoms with Crippen LogP contribution in [0.5, 0.6) is 0 Å². The van der Waals surface area contributed by atoms with Gasteiger partial charge in [-0.3, -0.25) is 5.41 Å². The van der Waals surface area contributed by atoms with E-state index in [0.29, 0.717) is 28.1 Å². The number of nitrogens with one attached hydrogen (secondary N) is 4. The van der Waals surface area contributed by atoms with Crippen LogP contribution >= 0.6 is 0 Å². The summed E-state index contributed by atoms with van der Waals surface area (Å²) in [5.74, 6) is -1.02. The van der Waals surface area contributed by atoms with E-state index in [1.807, 2.05) is 0 Å². The summed E-state index contributed by atoms with van der Waals surface area (Å²) < 4.78 is 39.3. The summed E-state index contributed by atoms with van der Waals surface area (Å²) in [6.07, 6.45) is 3.33. The van der Waals surface area contributed by atoms with Gasteiger partial charge in [0.1, 0.15) is 18.0 Å². The molecule has 0 radical (unpaired) electrons. The molecule has 0 spiro atoms. The van der Waals surface area contributed by atoms with Gasteiger partial charge in [-0.05, 0) is 23.8 Å². The Morgan fingerprint density at radius 2 is 1.94 bits per heavy atom. The molecule has 0 bridgehead atoms. The SMILES string of the molecule is N=C/N=C(/N)c1[nH]c(C/C(C=N)=C/Nc2ccccc2F)cc1-c1cnc(C(F)F)nc1. The van der Waals surface area contributed by atoms with Crippen molar-refractivity contribution < 1.29 is 13.2 Å². The number of benzene rings is 1. The Kier molecular flexibility index (Phi) is 7.11. The maximum atomic E-state index is 13.8. The van der Waals surface area contributed by atoms with Gasteiger partial charge in [0, 0.05) is 48.0 Å². The summed E-state index contributed by atoms with van der Waals surface area (Å²) in [7, 11) is 0. The average Bonchev–Trinajstić information content (AvgIpc) is 3.21. The second-order valence-corrected chi connectivity index (χ2v) is 6.52. The van der Waals surface area contributed by atoms with Crippen LogP contribution in [0.4, 0.5) is 18.9 Å². The van der Waals surface area contributed by atoms with Gasteiger partial charge in [0.2, 0.25) is 0 Å². The van der Waals surface area contributed by atoms with Crippen LogP contribution in [-0.4, -0.2) is 33.3 Å². The monoisotopic (exact) mass is 440 g/mol. The molecule has 8 nitrogen and oxygen atoms in total. The Labute approximate surface area is 181 Å². The van der Waals surface area contributed by atoms with Crippen LogP contribution in [-0.2, 0) is 6.42 Å². The van der Waals surface area contributed by atoms with E-state index in [9.17, 15) is 13.2 Å². The zero-order chi connectivity index (χ0) is 23.1. The lowest BCUT2D eigenvalue weighted by Gasteiger charge is -2.05. The van der Waals surface area contributed by atoms with Crippen molar-refractivity contribution in [3.63, 3.8) is 0 Å². The van der Waals surface area contributed by atoms with E-state index in [1.165, 1.54) is 24.7 Å². The number of amidine groups is 1. The number of hydrogen-bond donors (Lipinski definition) is 5. The Morgan fingerprint density at radius 3 is 2.56 bits per heavy atom. The minimum atomic E-state index is -2.79. The number of aliphatic imine (C=N–C) groups is 1. The standard InChI is InChI=1S/C21H19F3N8/c22-16-3-1-2-4-17(16)28-8-12(7-25)5-14-6-15(18(32-14)20(27)31-11-26)13-9-29-21(19(23)24)30-10-13/h1-4,6-11,19,25,28,32H,5H2,(H3,26,27,31)/b12-8-,25-7?. The number of aromatic nitrogens is 3. The number of H-pyrrole nitrogens is 1. The molecule has 6 N–H and O–H groups in total. The van der Waals surface area contributed by atoms with Crippen molar-refractivity contribution in [2.45, 2.75) is 12.8 Å². The highest BCUT2D eigenvalue weighted by molar-refractivity contribution is 6.04. The summed E-state index contributed by atoms with van der Waals surface area (Å²) in [6, 6.07) is 7.83. The van der Waals surface area contributed by atoms with Gasteiger partial charge >= 0.3 is 0 Å². The molecule has 164 valence electrons. The molecule has 2 aromatic heterocycles. The lowest BCUT2D eigenvalue weighted by atomic mass is 10.1. The zero-order valence-electron chi connectivity index (χ0n) is 16.6. The van der Waals surface area contributed by atoms with E-state index < -0.39 is 18.1 Å². The molecular weight excluding hydrogens is 421 g/mol. The van der Waals surface area contributed by atoms with Gasteiger partial charge in [0.15, 0.2) is 5.82 Å². The van der Waals surface area contributed by atoms with E-state index >= 15 is 0 Å². The maximum Gasteiger partial charge on any atom is 0.297 e. The molecule has 0 unspecified atom stereocenters. The van der Waals surface area contributed by atoms with Crippen molar-refractivity contribution in [3.8, 4) is 11.1 Å². The van der Waals surface area contributed by atoms with Crippen LogP contribution in [0, 0.1) is 16.6 Å². The number of para-hydroxylation sites is 1. The van der Waals surface area contributed by atoms with Gasteiger partial charge in [-0.1, -0.05) is 12.1 Å². The minimum absolute atomic E-state index is 0.00375. The van der Waals surface area contributed by atoms with E-state index in [1.54, 1.807) is 24.3 Å². The topological polar surface area (TPSA) is 140 Å². The van der Waals surface area contributed by atoms with Crippen molar-refractivity contribution >= 4 is 24.1 Å². The smallest absolute Gasteiger partial charge is 0.297 e. The second-order valence-electron chi connectivity index (χ2n) is 6.52. The van der Waals surface area contributed by atoms with Crippen LogP contribution < -0.4 is 11.1 Å². The molecule has 0 aliphatic carbocycles. The van der Waals surface area contributed by atoms with Gasteiger partial charge in [0.25, 0.3) is 6.43 Å². The lowest BCUT2D eigenvalue weighted by Crippen LogP contribution is -2.15. The van der Waals surface area contributed by atoms with E-state index in [0.717, 1.165) is 12.6 Å². The number of hydrogen-bond acceptors (Lipinski definition) is 5. The number of halogens is 3. The normalized spacial score (nSPS) is 12.1. The molecular formula is C21H19F3N8. The lowest BCUT2D eigenvalue weighted by molar-refractivity contribution is 0.140. The van der Waals surface area contributed by atoms with E-state index in [4.69, 9.17) is 16.6 Å². The molecule has 3 rings (SSSR count). The number of rotatable bonds is 9. The summed E-state index contributed by atoms with van der Waals surface area (Å²) in [4.78, 5) is 14.2. The highest BCUT2D eigenvalue weighted by atomic mass is 19.3. The molecule has 0 atom stereocenters. The van der Waals surface area contributed by atoms with E-state index in [-0.39, 0.29) is 17.9 Å². The molecule has 2 heterocycles. The van der Waals surface area contributed by atoms with Crippen LogP contribution in [0.1, 0.15) is 23.6 Å². The van der Waals surface area contributed by atoms with Gasteiger partial charge in [0.05, 0.1) is 11.4 Å². The molecule has 3 aromatic rings. The van der Waals surface area contributed by atoms with Gasteiger partial charge < -0.3 is 21.4 Å². The third-order valence-corrected chi connectivity index (χ3v) is 4.38. The molecule has 0 aliphatic rings. The molecule has 0 amide bonds. The maximum absolute atomic E-state index is 13.8. The summed E-state index contributed by atoms with van der Waals surface area (Å²) >= 11 is 0. The number of alkyl halides is 2. The highest BCUT2D eigenvalue weighted by Crippen LogP contribution is 2.26. The zero-order valence-corrected chi connectivity index (χ0v) is 16.6. The number of allylic oxidation sites excluding steroid dienone is 1. The second kappa shape index (κ2) is 10.2. The summed E-state index contributed by atoms with van der Waals surface area (Å²) in [6.45, 7) is 0. The molecule has 0 aliphatic heterocycles. The highest BCUT2D eigenvalue weighted by Gasteiger charge is 2.16. The molecule has 1 aromatic carbocycles. The van der Waals surface area contributed by atoms with Gasteiger partial charge in [-0.2, -0.15) is 0 Å². The molecule has 0 saturated heterocycles. The van der Waals surface area contributed by atoms with Crippen molar-refractivity contribution in [2.24, 2.45) is 10.7 Å². The quantitative estimate of drug-likeness (QED) is 0.253. The molecule has 11 heteroatoms. The molecule has 0 saturated carbocycles. The largest absolute Gasteiger partial charge is 0.382 e.